The molecule has 20 heavy (non-hydrogen) atoms. The minimum Gasteiger partial charge on any atom is -0.337 e. The van der Waals surface area contributed by atoms with Crippen molar-refractivity contribution in [3.05, 3.63) is 38.9 Å². The van der Waals surface area contributed by atoms with E-state index in [1.165, 1.54) is 18.2 Å². The zero-order valence-electron chi connectivity index (χ0n) is 11.1. The molecule has 1 N–H and O–H groups in total. The smallest absolute Gasteiger partial charge is 0.270 e. The highest BCUT2D eigenvalue weighted by atomic mass is 35.5. The topological polar surface area (TPSA) is 75.5 Å². The summed E-state index contributed by atoms with van der Waals surface area (Å²) < 4.78 is 0. The Balaban J connectivity index is 2.23. The van der Waals surface area contributed by atoms with Gasteiger partial charge >= 0.3 is 0 Å². The Morgan fingerprint density at radius 2 is 2.30 bits per heavy atom. The van der Waals surface area contributed by atoms with Crippen LogP contribution in [0.3, 0.4) is 0 Å². The first-order valence-corrected chi connectivity index (χ1v) is 6.80. The molecule has 0 aliphatic carbocycles. The van der Waals surface area contributed by atoms with Crippen molar-refractivity contribution in [2.24, 2.45) is 0 Å². The van der Waals surface area contributed by atoms with Gasteiger partial charge < -0.3 is 10.2 Å². The number of nitrogens with one attached hydrogen (secondary N) is 1. The molecule has 0 saturated carbocycles. The van der Waals surface area contributed by atoms with Crippen LogP contribution in [0.1, 0.15) is 23.2 Å². The molecule has 1 unspecified atom stereocenters. The number of hydrogen-bond acceptors (Lipinski definition) is 4. The van der Waals surface area contributed by atoms with Gasteiger partial charge in [0, 0.05) is 31.8 Å². The van der Waals surface area contributed by atoms with Crippen molar-refractivity contribution in [1.82, 2.24) is 10.2 Å². The first-order valence-electron chi connectivity index (χ1n) is 6.42. The van der Waals surface area contributed by atoms with Crippen molar-refractivity contribution in [2.75, 3.05) is 20.1 Å². The number of likely N-dealkylation sites (N-methyl/N-ethyl adjacent to an activating group) is 1. The van der Waals surface area contributed by atoms with E-state index >= 15 is 0 Å². The molecule has 1 aliphatic heterocycles. The molecule has 7 heteroatoms. The second kappa shape index (κ2) is 6.19. The maximum absolute atomic E-state index is 12.4. The van der Waals surface area contributed by atoms with Crippen molar-refractivity contribution in [1.29, 1.82) is 0 Å². The van der Waals surface area contributed by atoms with Gasteiger partial charge in [0.1, 0.15) is 0 Å². The van der Waals surface area contributed by atoms with Crippen LogP contribution in [0.4, 0.5) is 5.69 Å². The number of nitro benzene ring substituents is 1. The summed E-state index contributed by atoms with van der Waals surface area (Å²) >= 11 is 5.99. The molecule has 1 aliphatic rings. The molecule has 1 aromatic carbocycles. The number of halogens is 1. The molecule has 0 aromatic heterocycles. The van der Waals surface area contributed by atoms with Gasteiger partial charge in [0.15, 0.2) is 0 Å². The van der Waals surface area contributed by atoms with E-state index in [4.69, 9.17) is 11.6 Å². The van der Waals surface area contributed by atoms with Crippen LogP contribution in [0, 0.1) is 10.1 Å². The fourth-order valence-corrected chi connectivity index (χ4v) is 2.51. The van der Waals surface area contributed by atoms with E-state index in [0.717, 1.165) is 25.9 Å². The van der Waals surface area contributed by atoms with Crippen LogP contribution in [-0.2, 0) is 0 Å². The Morgan fingerprint density at radius 3 is 2.90 bits per heavy atom. The normalized spacial score (nSPS) is 18.6. The molecule has 6 nitrogen and oxygen atoms in total. The Labute approximate surface area is 121 Å². The highest BCUT2D eigenvalue weighted by molar-refractivity contribution is 6.33. The number of nitrogens with zero attached hydrogens (tertiary/aromatic N) is 2. The summed E-state index contributed by atoms with van der Waals surface area (Å²) in [6.45, 7) is 1.69. The van der Waals surface area contributed by atoms with Crippen LogP contribution in [-0.4, -0.2) is 41.9 Å². The highest BCUT2D eigenvalue weighted by Crippen LogP contribution is 2.24. The number of benzene rings is 1. The largest absolute Gasteiger partial charge is 0.337 e. The summed E-state index contributed by atoms with van der Waals surface area (Å²) in [7, 11) is 1.70. The lowest BCUT2D eigenvalue weighted by Crippen LogP contribution is -2.46. The van der Waals surface area contributed by atoms with Crippen molar-refractivity contribution in [2.45, 2.75) is 18.9 Å². The van der Waals surface area contributed by atoms with Crippen molar-refractivity contribution in [3.63, 3.8) is 0 Å². The third kappa shape index (κ3) is 3.08. The molecule has 1 fully saturated rings. The predicted octanol–water partition coefficient (Wildman–Crippen LogP) is 2.07. The number of piperidine rings is 1. The number of non-ortho nitro benzene ring substituents is 1. The quantitative estimate of drug-likeness (QED) is 0.684. The number of carbonyl (C=O) groups is 1. The van der Waals surface area contributed by atoms with Gasteiger partial charge in [0.25, 0.3) is 11.6 Å². The van der Waals surface area contributed by atoms with Crippen LogP contribution in [0.2, 0.25) is 5.02 Å². The van der Waals surface area contributed by atoms with E-state index in [-0.39, 0.29) is 28.2 Å². The molecule has 1 heterocycles. The number of nitro groups is 1. The maximum Gasteiger partial charge on any atom is 0.270 e. The zero-order chi connectivity index (χ0) is 14.7. The zero-order valence-corrected chi connectivity index (χ0v) is 11.9. The SMILES string of the molecule is CN(C(=O)c1cc([N+](=O)[O-])ccc1Cl)C1CCCNC1. The molecule has 0 bridgehead atoms. The average molecular weight is 298 g/mol. The lowest BCUT2D eigenvalue weighted by Gasteiger charge is -2.31. The van der Waals surface area contributed by atoms with Gasteiger partial charge in [0.2, 0.25) is 0 Å². The fraction of sp³-hybridized carbons (Fsp3) is 0.462. The van der Waals surface area contributed by atoms with Crippen LogP contribution < -0.4 is 5.32 Å². The first-order chi connectivity index (χ1) is 9.50. The fourth-order valence-electron chi connectivity index (χ4n) is 2.31. The predicted molar refractivity (Wildman–Crippen MR) is 76.1 cm³/mol. The molecular weight excluding hydrogens is 282 g/mol. The molecule has 1 amide bonds. The van der Waals surface area contributed by atoms with Crippen LogP contribution in [0.25, 0.3) is 0 Å². The minimum atomic E-state index is -0.532. The Kier molecular flexibility index (Phi) is 4.57. The second-order valence-electron chi connectivity index (χ2n) is 4.84. The summed E-state index contributed by atoms with van der Waals surface area (Å²) in [6.07, 6.45) is 1.92. The number of amides is 1. The Bertz CT molecular complexity index is 530. The lowest BCUT2D eigenvalue weighted by molar-refractivity contribution is -0.384. The molecule has 108 valence electrons. The van der Waals surface area contributed by atoms with Crippen molar-refractivity contribution in [3.8, 4) is 0 Å². The van der Waals surface area contributed by atoms with E-state index in [0.29, 0.717) is 0 Å². The third-order valence-corrected chi connectivity index (χ3v) is 3.86. The molecule has 1 saturated heterocycles. The van der Waals surface area contributed by atoms with Gasteiger partial charge in [0.05, 0.1) is 15.5 Å². The first kappa shape index (κ1) is 14.7. The summed E-state index contributed by atoms with van der Waals surface area (Å²) in [5, 5.41) is 14.2. The van der Waals surface area contributed by atoms with Crippen LogP contribution in [0.15, 0.2) is 18.2 Å². The minimum absolute atomic E-state index is 0.0894. The standard InChI is InChI=1S/C13H16ClN3O3/c1-16(10-3-2-6-15-8-10)13(18)11-7-9(17(19)20)4-5-12(11)14/h4-5,7,10,15H,2-3,6,8H2,1H3. The highest BCUT2D eigenvalue weighted by Gasteiger charge is 2.25. The van der Waals surface area contributed by atoms with Crippen LogP contribution >= 0.6 is 11.6 Å². The van der Waals surface area contributed by atoms with Crippen molar-refractivity contribution < 1.29 is 9.72 Å². The average Bonchev–Trinajstić information content (AvgIpc) is 2.47. The number of hydrogen-bond donors (Lipinski definition) is 1. The Hall–Kier alpha value is -1.66. The van der Waals surface area contributed by atoms with Gasteiger partial charge in [-0.2, -0.15) is 0 Å². The Morgan fingerprint density at radius 1 is 1.55 bits per heavy atom. The van der Waals surface area contributed by atoms with Gasteiger partial charge in [-0.3, -0.25) is 14.9 Å². The monoisotopic (exact) mass is 297 g/mol. The lowest BCUT2D eigenvalue weighted by atomic mass is 10.0. The number of rotatable bonds is 3. The van der Waals surface area contributed by atoms with E-state index in [1.807, 2.05) is 0 Å². The van der Waals surface area contributed by atoms with E-state index in [1.54, 1.807) is 11.9 Å². The molecule has 0 spiro atoms. The van der Waals surface area contributed by atoms with Gasteiger partial charge in [-0.1, -0.05) is 11.6 Å². The summed E-state index contributed by atoms with van der Waals surface area (Å²) in [5.74, 6) is -0.285. The molecule has 0 radical (unpaired) electrons. The number of carbonyl (C=O) groups excluding carboxylic acids is 1. The molecule has 2 rings (SSSR count). The van der Waals surface area contributed by atoms with E-state index < -0.39 is 4.92 Å². The van der Waals surface area contributed by atoms with Crippen molar-refractivity contribution >= 4 is 23.2 Å². The summed E-state index contributed by atoms with van der Waals surface area (Å²) in [4.78, 5) is 24.3. The van der Waals surface area contributed by atoms with Gasteiger partial charge in [-0.25, -0.2) is 0 Å². The maximum atomic E-state index is 12.4. The van der Waals surface area contributed by atoms with E-state index in [2.05, 4.69) is 5.32 Å². The third-order valence-electron chi connectivity index (χ3n) is 3.53. The second-order valence-corrected chi connectivity index (χ2v) is 5.24. The van der Waals surface area contributed by atoms with Gasteiger partial charge in [-0.05, 0) is 25.5 Å². The molecule has 1 atom stereocenters. The van der Waals surface area contributed by atoms with Crippen LogP contribution in [0.5, 0.6) is 0 Å². The summed E-state index contributed by atoms with van der Waals surface area (Å²) in [5.41, 5.74) is 0.0434. The van der Waals surface area contributed by atoms with E-state index in [9.17, 15) is 14.9 Å². The molecular formula is C13H16ClN3O3. The summed E-state index contributed by atoms with van der Waals surface area (Å²) in [6, 6.07) is 4.00. The molecule has 1 aromatic rings. The van der Waals surface area contributed by atoms with Gasteiger partial charge in [-0.15, -0.1) is 0 Å².